The smallest absolute Gasteiger partial charge is 0.307 e. The number of aliphatic carboxylic acids is 1. The largest absolute Gasteiger partial charge is 0.481 e. The number of carbonyl (C=O) groups is 1. The zero-order valence-electron chi connectivity index (χ0n) is 11.7. The van der Waals surface area contributed by atoms with Crippen LogP contribution in [-0.4, -0.2) is 20.6 Å². The third kappa shape index (κ3) is 1.65. The summed E-state index contributed by atoms with van der Waals surface area (Å²) in [7, 11) is 0. The number of fused-ring (bicyclic) bond motifs is 1. The number of aromatic nitrogens is 2. The van der Waals surface area contributed by atoms with E-state index in [1.807, 2.05) is 25.3 Å². The zero-order valence-corrected chi connectivity index (χ0v) is 11.7. The zero-order chi connectivity index (χ0) is 14.7. The van der Waals surface area contributed by atoms with Crippen LogP contribution in [0.3, 0.4) is 0 Å². The van der Waals surface area contributed by atoms with Gasteiger partial charge < -0.3 is 9.67 Å². The second kappa shape index (κ2) is 4.04. The van der Waals surface area contributed by atoms with Gasteiger partial charge in [0, 0.05) is 12.5 Å². The summed E-state index contributed by atoms with van der Waals surface area (Å²) in [4.78, 5) is 15.9. The van der Waals surface area contributed by atoms with Crippen LogP contribution in [-0.2, 0) is 11.3 Å². The fourth-order valence-corrected chi connectivity index (χ4v) is 3.26. The lowest BCUT2D eigenvalue weighted by atomic mass is 10.1. The molecular weight excluding hydrogens is 259 g/mol. The molecule has 5 heteroatoms. The van der Waals surface area contributed by atoms with Gasteiger partial charge >= 0.3 is 5.97 Å². The van der Waals surface area contributed by atoms with Crippen molar-refractivity contribution in [3.8, 4) is 0 Å². The van der Waals surface area contributed by atoms with E-state index in [0.717, 1.165) is 16.9 Å². The minimum absolute atomic E-state index is 0.115. The quantitative estimate of drug-likeness (QED) is 0.937. The highest BCUT2D eigenvalue weighted by Crippen LogP contribution is 2.64. The Balaban J connectivity index is 2.16. The van der Waals surface area contributed by atoms with Gasteiger partial charge in [0.1, 0.15) is 11.6 Å². The molecule has 1 fully saturated rings. The van der Waals surface area contributed by atoms with Gasteiger partial charge in [-0.25, -0.2) is 9.37 Å². The van der Waals surface area contributed by atoms with Crippen LogP contribution in [0.15, 0.2) is 18.2 Å². The second-order valence-electron chi connectivity index (χ2n) is 5.96. The van der Waals surface area contributed by atoms with Crippen molar-refractivity contribution < 1.29 is 14.3 Å². The van der Waals surface area contributed by atoms with Gasteiger partial charge in [0.05, 0.1) is 17.0 Å². The summed E-state index contributed by atoms with van der Waals surface area (Å²) < 4.78 is 15.3. The summed E-state index contributed by atoms with van der Waals surface area (Å²) in [6, 6.07) is 4.48. The van der Waals surface area contributed by atoms with Gasteiger partial charge in [0.25, 0.3) is 0 Å². The van der Waals surface area contributed by atoms with Gasteiger partial charge in [-0.3, -0.25) is 4.79 Å². The van der Waals surface area contributed by atoms with Crippen molar-refractivity contribution in [2.45, 2.75) is 33.2 Å². The van der Waals surface area contributed by atoms with Crippen LogP contribution in [0.25, 0.3) is 11.0 Å². The average Bonchev–Trinajstić information content (AvgIpc) is 2.77. The molecule has 2 atom stereocenters. The van der Waals surface area contributed by atoms with Gasteiger partial charge in [-0.05, 0) is 30.5 Å². The van der Waals surface area contributed by atoms with E-state index in [1.165, 1.54) is 12.1 Å². The Morgan fingerprint density at radius 2 is 2.20 bits per heavy atom. The molecule has 1 heterocycles. The van der Waals surface area contributed by atoms with Crippen molar-refractivity contribution in [3.05, 3.63) is 29.8 Å². The van der Waals surface area contributed by atoms with Crippen LogP contribution in [0.4, 0.5) is 4.39 Å². The first-order valence-corrected chi connectivity index (χ1v) is 6.76. The number of hydrogen-bond donors (Lipinski definition) is 1. The molecule has 1 saturated carbocycles. The van der Waals surface area contributed by atoms with Crippen LogP contribution in [0, 0.1) is 17.2 Å². The van der Waals surface area contributed by atoms with Crippen molar-refractivity contribution in [1.82, 2.24) is 9.55 Å². The molecule has 0 amide bonds. The molecule has 1 aromatic carbocycles. The van der Waals surface area contributed by atoms with Gasteiger partial charge in [0.15, 0.2) is 0 Å². The first-order valence-electron chi connectivity index (χ1n) is 6.76. The maximum atomic E-state index is 13.4. The molecule has 0 radical (unpaired) electrons. The van der Waals surface area contributed by atoms with Crippen molar-refractivity contribution >= 4 is 17.0 Å². The molecule has 0 saturated heterocycles. The van der Waals surface area contributed by atoms with E-state index < -0.39 is 11.9 Å². The lowest BCUT2D eigenvalue weighted by molar-refractivity contribution is -0.139. The standard InChI is InChI=1S/C15H17FN2O2/c1-4-18-10-7-8(16)5-6-9(10)17-13(18)11-12(14(19)20)15(11,2)3/h5-7,11-12H,4H2,1-3H3,(H,19,20). The topological polar surface area (TPSA) is 55.1 Å². The van der Waals surface area contributed by atoms with Gasteiger partial charge in [0.2, 0.25) is 0 Å². The lowest BCUT2D eigenvalue weighted by Gasteiger charge is -2.06. The Labute approximate surface area is 116 Å². The SMILES string of the molecule is CCn1c(C2C(C(=O)O)C2(C)C)nc2ccc(F)cc21. The number of hydrogen-bond acceptors (Lipinski definition) is 2. The van der Waals surface area contributed by atoms with Crippen molar-refractivity contribution in [1.29, 1.82) is 0 Å². The Morgan fingerprint density at radius 1 is 1.50 bits per heavy atom. The number of carboxylic acids is 1. The van der Waals surface area contributed by atoms with Crippen LogP contribution in [0.1, 0.15) is 32.5 Å². The maximum Gasteiger partial charge on any atom is 0.307 e. The number of imidazole rings is 1. The maximum absolute atomic E-state index is 13.4. The van der Waals surface area contributed by atoms with Gasteiger partial charge in [-0.1, -0.05) is 13.8 Å². The molecule has 4 nitrogen and oxygen atoms in total. The molecule has 20 heavy (non-hydrogen) atoms. The summed E-state index contributed by atoms with van der Waals surface area (Å²) in [6.45, 7) is 6.49. The average molecular weight is 276 g/mol. The molecule has 1 aliphatic rings. The predicted octanol–water partition coefficient (Wildman–Crippen LogP) is 3.02. The first-order chi connectivity index (χ1) is 9.37. The Kier molecular flexibility index (Phi) is 2.64. The van der Waals surface area contributed by atoms with Crippen molar-refractivity contribution in [2.75, 3.05) is 0 Å². The third-order valence-electron chi connectivity index (χ3n) is 4.43. The predicted molar refractivity (Wildman–Crippen MR) is 73.0 cm³/mol. The van der Waals surface area contributed by atoms with E-state index in [9.17, 15) is 14.3 Å². The van der Waals surface area contributed by atoms with E-state index in [0.29, 0.717) is 6.54 Å². The Morgan fingerprint density at radius 3 is 2.75 bits per heavy atom. The minimum atomic E-state index is -0.791. The molecule has 106 valence electrons. The number of halogens is 1. The van der Waals surface area contributed by atoms with Crippen LogP contribution < -0.4 is 0 Å². The normalized spacial score (nSPS) is 24.0. The first kappa shape index (κ1) is 13.1. The highest BCUT2D eigenvalue weighted by molar-refractivity contribution is 5.80. The monoisotopic (exact) mass is 276 g/mol. The summed E-state index contributed by atoms with van der Waals surface area (Å²) in [5.41, 5.74) is 1.14. The van der Waals surface area contributed by atoms with E-state index >= 15 is 0 Å². The van der Waals surface area contributed by atoms with E-state index in [1.54, 1.807) is 6.07 Å². The number of aryl methyl sites for hydroxylation is 1. The minimum Gasteiger partial charge on any atom is -0.481 e. The fraction of sp³-hybridized carbons (Fsp3) is 0.467. The molecule has 2 unspecified atom stereocenters. The third-order valence-corrected chi connectivity index (χ3v) is 4.43. The summed E-state index contributed by atoms with van der Waals surface area (Å²) in [5, 5.41) is 9.31. The number of carboxylic acid groups (broad SMARTS) is 1. The van der Waals surface area contributed by atoms with Crippen LogP contribution in [0.2, 0.25) is 0 Å². The van der Waals surface area contributed by atoms with Crippen molar-refractivity contribution in [3.63, 3.8) is 0 Å². The molecular formula is C15H17FN2O2. The molecule has 1 aromatic heterocycles. The summed E-state index contributed by atoms with van der Waals surface area (Å²) >= 11 is 0. The van der Waals surface area contributed by atoms with Gasteiger partial charge in [-0.2, -0.15) is 0 Å². The molecule has 0 aliphatic heterocycles. The molecule has 0 bridgehead atoms. The fourth-order valence-electron chi connectivity index (χ4n) is 3.26. The highest BCUT2D eigenvalue weighted by atomic mass is 19.1. The second-order valence-corrected chi connectivity index (χ2v) is 5.96. The molecule has 2 aromatic rings. The molecule has 0 spiro atoms. The molecule has 1 aliphatic carbocycles. The molecule has 3 rings (SSSR count). The number of benzene rings is 1. The van der Waals surface area contributed by atoms with E-state index in [-0.39, 0.29) is 17.2 Å². The van der Waals surface area contributed by atoms with Gasteiger partial charge in [-0.15, -0.1) is 0 Å². The summed E-state index contributed by atoms with van der Waals surface area (Å²) in [5.74, 6) is -0.875. The Bertz CT molecular complexity index is 705. The Hall–Kier alpha value is -1.91. The number of nitrogens with zero attached hydrogens (tertiary/aromatic N) is 2. The molecule has 1 N–H and O–H groups in total. The number of rotatable bonds is 3. The van der Waals surface area contributed by atoms with Crippen LogP contribution >= 0.6 is 0 Å². The van der Waals surface area contributed by atoms with E-state index in [4.69, 9.17) is 0 Å². The van der Waals surface area contributed by atoms with E-state index in [2.05, 4.69) is 4.98 Å². The van der Waals surface area contributed by atoms with Crippen LogP contribution in [0.5, 0.6) is 0 Å². The van der Waals surface area contributed by atoms with Crippen molar-refractivity contribution in [2.24, 2.45) is 11.3 Å². The highest BCUT2D eigenvalue weighted by Gasteiger charge is 2.64. The summed E-state index contributed by atoms with van der Waals surface area (Å²) in [6.07, 6.45) is 0. The lowest BCUT2D eigenvalue weighted by Crippen LogP contribution is -2.04.